The molecule has 0 spiro atoms. The number of nitrogens with one attached hydrogen (secondary N) is 3. The molecule has 0 amide bonds. The van der Waals surface area contributed by atoms with Crippen LogP contribution in [0.15, 0.2) is 96.0 Å². The summed E-state index contributed by atoms with van der Waals surface area (Å²) in [6.07, 6.45) is 7.51. The Morgan fingerprint density at radius 2 is 1.72 bits per heavy atom. The van der Waals surface area contributed by atoms with Crippen molar-refractivity contribution in [2.24, 2.45) is 5.92 Å². The molecule has 2 aliphatic rings. The second-order valence-corrected chi connectivity index (χ2v) is 10.2. The van der Waals surface area contributed by atoms with Crippen LogP contribution in [0.3, 0.4) is 0 Å². The lowest BCUT2D eigenvalue weighted by Crippen LogP contribution is -2.29. The summed E-state index contributed by atoms with van der Waals surface area (Å²) in [7, 11) is -3.67. The average molecular weight is 442 g/mol. The van der Waals surface area contributed by atoms with Crippen LogP contribution in [0.2, 0.25) is 0 Å². The molecule has 3 N–H and O–H groups in total. The van der Waals surface area contributed by atoms with Crippen LogP contribution >= 0.6 is 0 Å². The molecule has 6 rings (SSSR count). The van der Waals surface area contributed by atoms with E-state index in [0.717, 1.165) is 23.2 Å². The lowest BCUT2D eigenvalue weighted by Gasteiger charge is -2.37. The molecule has 1 aliphatic carbocycles. The molecule has 6 heteroatoms. The summed E-state index contributed by atoms with van der Waals surface area (Å²) in [4.78, 5) is 3.68. The zero-order valence-electron chi connectivity index (χ0n) is 17.3. The molecule has 32 heavy (non-hydrogen) atoms. The van der Waals surface area contributed by atoms with Crippen molar-refractivity contribution in [1.29, 1.82) is 0 Å². The standard InChI is InChI=1S/C26H23N3O2S/c30-32(31,29-17-7-2-1-3-8-17)18-13-14-25-22(15-18)19-10-6-11-21(19)26(28-25)23-16-27-24-12-5-4-9-20(23)24/h1-10,12-16,19,21,26-29H,11H2. The van der Waals surface area contributed by atoms with Gasteiger partial charge in [0.2, 0.25) is 0 Å². The number of para-hydroxylation sites is 2. The minimum Gasteiger partial charge on any atom is -0.378 e. The first-order chi connectivity index (χ1) is 15.6. The second kappa shape index (κ2) is 7.28. The number of allylic oxidation sites excluding steroid dienone is 2. The number of aromatic amines is 1. The maximum atomic E-state index is 13.0. The summed E-state index contributed by atoms with van der Waals surface area (Å²) < 4.78 is 28.7. The number of H-pyrrole nitrogens is 1. The van der Waals surface area contributed by atoms with E-state index in [1.807, 2.05) is 36.4 Å². The Morgan fingerprint density at radius 3 is 2.59 bits per heavy atom. The fourth-order valence-electron chi connectivity index (χ4n) is 5.12. The molecular weight excluding hydrogens is 418 g/mol. The van der Waals surface area contributed by atoms with Crippen molar-refractivity contribution in [2.75, 3.05) is 10.0 Å². The van der Waals surface area contributed by atoms with Crippen molar-refractivity contribution in [3.05, 3.63) is 102 Å². The molecule has 0 fully saturated rings. The smallest absolute Gasteiger partial charge is 0.261 e. The van der Waals surface area contributed by atoms with Crippen LogP contribution in [0.4, 0.5) is 11.4 Å². The van der Waals surface area contributed by atoms with Gasteiger partial charge in [-0.1, -0.05) is 48.6 Å². The zero-order chi connectivity index (χ0) is 21.7. The number of aromatic nitrogens is 1. The minimum absolute atomic E-state index is 0.156. The van der Waals surface area contributed by atoms with Crippen molar-refractivity contribution >= 4 is 32.3 Å². The third-order valence-corrected chi connectivity index (χ3v) is 8.01. The van der Waals surface area contributed by atoms with Gasteiger partial charge in [0.25, 0.3) is 10.0 Å². The number of anilines is 2. The third-order valence-electron chi connectivity index (χ3n) is 6.63. The van der Waals surface area contributed by atoms with E-state index >= 15 is 0 Å². The van der Waals surface area contributed by atoms with Gasteiger partial charge in [-0.3, -0.25) is 4.72 Å². The summed E-state index contributed by atoms with van der Waals surface area (Å²) in [6.45, 7) is 0. The Labute approximate surface area is 187 Å². The van der Waals surface area contributed by atoms with E-state index < -0.39 is 10.0 Å². The molecule has 0 saturated carbocycles. The Kier molecular flexibility index (Phi) is 4.36. The van der Waals surface area contributed by atoms with E-state index in [1.54, 1.807) is 18.2 Å². The molecule has 2 heterocycles. The van der Waals surface area contributed by atoms with Gasteiger partial charge in [-0.15, -0.1) is 0 Å². The van der Waals surface area contributed by atoms with Gasteiger partial charge in [-0.05, 0) is 59.9 Å². The van der Waals surface area contributed by atoms with E-state index in [-0.39, 0.29) is 16.9 Å². The van der Waals surface area contributed by atoms with Crippen LogP contribution < -0.4 is 10.0 Å². The lowest BCUT2D eigenvalue weighted by atomic mass is 9.77. The normalized spacial score (nSPS) is 21.7. The topological polar surface area (TPSA) is 74.0 Å². The summed E-state index contributed by atoms with van der Waals surface area (Å²) in [5.74, 6) is 0.513. The van der Waals surface area contributed by atoms with Gasteiger partial charge in [0.15, 0.2) is 0 Å². The number of rotatable bonds is 4. The van der Waals surface area contributed by atoms with Crippen LogP contribution in [-0.4, -0.2) is 13.4 Å². The molecule has 1 aliphatic heterocycles. The molecule has 160 valence electrons. The Bertz CT molecular complexity index is 1440. The summed E-state index contributed by atoms with van der Waals surface area (Å²) >= 11 is 0. The third kappa shape index (κ3) is 3.10. The minimum atomic E-state index is -3.67. The molecule has 0 bridgehead atoms. The summed E-state index contributed by atoms with van der Waals surface area (Å²) in [6, 6.07) is 22.9. The van der Waals surface area contributed by atoms with Crippen LogP contribution in [-0.2, 0) is 10.0 Å². The van der Waals surface area contributed by atoms with Crippen molar-refractivity contribution in [3.8, 4) is 0 Å². The van der Waals surface area contributed by atoms with Gasteiger partial charge in [-0.25, -0.2) is 8.42 Å². The maximum Gasteiger partial charge on any atom is 0.261 e. The molecule has 0 saturated heterocycles. The number of fused-ring (bicyclic) bond motifs is 4. The van der Waals surface area contributed by atoms with Gasteiger partial charge < -0.3 is 10.3 Å². The number of hydrogen-bond acceptors (Lipinski definition) is 3. The number of hydrogen-bond donors (Lipinski definition) is 3. The Balaban J connectivity index is 1.38. The van der Waals surface area contributed by atoms with Gasteiger partial charge in [0.1, 0.15) is 0 Å². The van der Waals surface area contributed by atoms with Gasteiger partial charge in [-0.2, -0.15) is 0 Å². The molecule has 5 nitrogen and oxygen atoms in total. The first-order valence-corrected chi connectivity index (χ1v) is 12.3. The maximum absolute atomic E-state index is 13.0. The van der Waals surface area contributed by atoms with Crippen molar-refractivity contribution in [2.45, 2.75) is 23.3 Å². The van der Waals surface area contributed by atoms with E-state index in [1.165, 1.54) is 10.9 Å². The van der Waals surface area contributed by atoms with E-state index in [2.05, 4.69) is 51.6 Å². The van der Waals surface area contributed by atoms with Crippen LogP contribution in [0.1, 0.15) is 29.5 Å². The molecule has 4 aromatic rings. The highest BCUT2D eigenvalue weighted by Gasteiger charge is 2.39. The zero-order valence-corrected chi connectivity index (χ0v) is 18.1. The van der Waals surface area contributed by atoms with E-state index in [4.69, 9.17) is 0 Å². The first-order valence-electron chi connectivity index (χ1n) is 10.8. The van der Waals surface area contributed by atoms with Gasteiger partial charge >= 0.3 is 0 Å². The van der Waals surface area contributed by atoms with Gasteiger partial charge in [0.05, 0.1) is 10.9 Å². The van der Waals surface area contributed by atoms with E-state index in [0.29, 0.717) is 11.6 Å². The second-order valence-electron chi connectivity index (χ2n) is 8.49. The average Bonchev–Trinajstić information content (AvgIpc) is 3.46. The first kappa shape index (κ1) is 19.2. The van der Waals surface area contributed by atoms with Crippen LogP contribution in [0.5, 0.6) is 0 Å². The Morgan fingerprint density at radius 1 is 0.906 bits per heavy atom. The van der Waals surface area contributed by atoms with Gasteiger partial charge in [0, 0.05) is 34.4 Å². The quantitative estimate of drug-likeness (QED) is 0.351. The molecular formula is C26H23N3O2S. The molecule has 3 unspecified atom stereocenters. The van der Waals surface area contributed by atoms with Crippen molar-refractivity contribution in [3.63, 3.8) is 0 Å². The monoisotopic (exact) mass is 441 g/mol. The highest BCUT2D eigenvalue weighted by atomic mass is 32.2. The fourth-order valence-corrected chi connectivity index (χ4v) is 6.21. The number of benzene rings is 3. The molecule has 3 aromatic carbocycles. The SMILES string of the molecule is O=S(=O)(Nc1ccccc1)c1ccc2c(c1)C1C=CCC1C(c1c[nH]c3ccccc13)N2. The highest BCUT2D eigenvalue weighted by molar-refractivity contribution is 7.92. The predicted molar refractivity (Wildman–Crippen MR) is 128 cm³/mol. The summed E-state index contributed by atoms with van der Waals surface area (Å²) in [5.41, 5.74) is 4.97. The summed E-state index contributed by atoms with van der Waals surface area (Å²) in [5, 5.41) is 4.94. The molecule has 1 aromatic heterocycles. The largest absolute Gasteiger partial charge is 0.378 e. The van der Waals surface area contributed by atoms with Crippen molar-refractivity contribution in [1.82, 2.24) is 4.98 Å². The Hall–Kier alpha value is -3.51. The predicted octanol–water partition coefficient (Wildman–Crippen LogP) is 5.80. The number of sulfonamides is 1. The lowest BCUT2D eigenvalue weighted by molar-refractivity contribution is 0.427. The highest BCUT2D eigenvalue weighted by Crippen LogP contribution is 2.51. The van der Waals surface area contributed by atoms with Crippen molar-refractivity contribution < 1.29 is 8.42 Å². The molecule has 3 atom stereocenters. The molecule has 0 radical (unpaired) electrons. The van der Waals surface area contributed by atoms with Crippen LogP contribution in [0, 0.1) is 5.92 Å². The fraction of sp³-hybridized carbons (Fsp3) is 0.154. The van der Waals surface area contributed by atoms with E-state index in [9.17, 15) is 8.42 Å². The van der Waals surface area contributed by atoms with Crippen LogP contribution in [0.25, 0.3) is 10.9 Å².